The number of rotatable bonds is 15. The van der Waals surface area contributed by atoms with E-state index in [1.54, 1.807) is 27.7 Å². The summed E-state index contributed by atoms with van der Waals surface area (Å²) in [6.07, 6.45) is 1.56. The molecule has 462 valence electrons. The molecule has 0 saturated carbocycles. The summed E-state index contributed by atoms with van der Waals surface area (Å²) in [5.74, 6) is -8.45. The Morgan fingerprint density at radius 2 is 0.963 bits per heavy atom. The van der Waals surface area contributed by atoms with Crippen LogP contribution in [-0.4, -0.2) is 223 Å². The molecule has 0 aliphatic carbocycles. The Morgan fingerprint density at radius 1 is 0.506 bits per heavy atom. The fourth-order valence-electron chi connectivity index (χ4n) is 9.78. The first kappa shape index (κ1) is 72.7. The predicted octanol–water partition coefficient (Wildman–Crippen LogP) is 2.61. The molecule has 24 nitrogen and oxygen atoms in total. The van der Waals surface area contributed by atoms with E-state index in [9.17, 15) is 57.5 Å². The van der Waals surface area contributed by atoms with E-state index in [1.165, 1.54) is 85.0 Å². The number of nitrogens with zero attached hydrogens (tertiary/aromatic N) is 7. The first-order chi connectivity index (χ1) is 37.5. The Morgan fingerprint density at radius 3 is 1.46 bits per heavy atom. The fourth-order valence-corrected chi connectivity index (χ4v) is 9.78. The summed E-state index contributed by atoms with van der Waals surface area (Å²) in [6, 6.07) is -11.7. The number of nitrogens with one attached hydrogen (secondary N) is 4. The molecule has 4 N–H and O–H groups in total. The Bertz CT molecular complexity index is 2210. The summed E-state index contributed by atoms with van der Waals surface area (Å²) in [4.78, 5) is 177. The largest absolute Gasteiger partial charge is 0.469 e. The number of methoxy groups -OCH3 is 1. The van der Waals surface area contributed by atoms with Gasteiger partial charge in [0.15, 0.2) is 0 Å². The molecule has 1 aliphatic rings. The van der Waals surface area contributed by atoms with E-state index in [-0.39, 0.29) is 68.6 Å². The van der Waals surface area contributed by atoms with E-state index in [2.05, 4.69) is 21.3 Å². The summed E-state index contributed by atoms with van der Waals surface area (Å²) in [7, 11) is 10.9. The highest BCUT2D eigenvalue weighted by atomic mass is 16.5. The Labute approximate surface area is 482 Å². The van der Waals surface area contributed by atoms with Gasteiger partial charge in [-0.25, -0.2) is 4.79 Å². The molecule has 0 aromatic carbocycles. The second kappa shape index (κ2) is 33.5. The Hall–Kier alpha value is -6.36. The van der Waals surface area contributed by atoms with Gasteiger partial charge < -0.3 is 55.4 Å². The number of esters is 1. The highest BCUT2D eigenvalue weighted by Crippen LogP contribution is 2.23. The number of carbonyl (C=O) groups excluding carboxylic acids is 12. The normalized spacial score (nSPS) is 25.8. The second-order valence-corrected chi connectivity index (χ2v) is 23.7. The number of hydrogen-bond acceptors (Lipinski definition) is 13. The molecule has 0 aromatic heterocycles. The molecule has 7 unspecified atom stereocenters. The molecule has 1 aliphatic heterocycles. The predicted molar refractivity (Wildman–Crippen MR) is 306 cm³/mol. The zero-order valence-electron chi connectivity index (χ0n) is 52.6. The van der Waals surface area contributed by atoms with Crippen LogP contribution in [0, 0.1) is 29.6 Å². The van der Waals surface area contributed by atoms with Gasteiger partial charge in [-0.1, -0.05) is 82.6 Å². The molecular weight excluding hydrogens is 1050 g/mol. The van der Waals surface area contributed by atoms with Crippen molar-refractivity contribution in [3.05, 3.63) is 0 Å². The molecule has 1 saturated heterocycles. The quantitative estimate of drug-likeness (QED) is 0.172. The molecule has 0 spiro atoms. The minimum Gasteiger partial charge on any atom is -0.469 e. The van der Waals surface area contributed by atoms with Crippen molar-refractivity contribution in [2.75, 3.05) is 63.0 Å². The maximum atomic E-state index is 14.7. The topological polar surface area (TPSA) is 285 Å². The summed E-state index contributed by atoms with van der Waals surface area (Å²) in [5, 5.41) is 10.9. The summed E-state index contributed by atoms with van der Waals surface area (Å²) in [6.45, 7) is 22.0. The second-order valence-electron chi connectivity index (χ2n) is 23.7. The number of carbonyl (C=O) groups is 12. The van der Waals surface area contributed by atoms with Gasteiger partial charge in [-0.15, -0.1) is 0 Å². The van der Waals surface area contributed by atoms with Crippen LogP contribution in [0.5, 0.6) is 0 Å². The van der Waals surface area contributed by atoms with Crippen LogP contribution >= 0.6 is 0 Å². The summed E-state index contributed by atoms with van der Waals surface area (Å²) >= 11 is 0. The molecule has 81 heavy (non-hydrogen) atoms. The lowest BCUT2D eigenvalue weighted by Crippen LogP contribution is -2.61. The van der Waals surface area contributed by atoms with Gasteiger partial charge in [0.05, 0.1) is 13.7 Å². The average Bonchev–Trinajstić information content (AvgIpc) is 3.47. The molecule has 1 fully saturated rings. The molecule has 12 amide bonds. The number of urea groups is 1. The van der Waals surface area contributed by atoms with Gasteiger partial charge in [-0.3, -0.25) is 57.6 Å². The van der Waals surface area contributed by atoms with Crippen LogP contribution in [0.2, 0.25) is 0 Å². The fraction of sp³-hybridized carbons (Fsp3) is 0.789. The number of likely N-dealkylation sites (N-methyl/N-ethyl adjacent to an activating group) is 7. The number of amides is 12. The zero-order valence-corrected chi connectivity index (χ0v) is 52.6. The Balaban J connectivity index is 4.12. The molecule has 1 heterocycles. The van der Waals surface area contributed by atoms with Crippen LogP contribution in [0.15, 0.2) is 0 Å². The highest BCUT2D eigenvalue weighted by molar-refractivity contribution is 6.02. The first-order valence-electron chi connectivity index (χ1n) is 28.6. The molecule has 10 atom stereocenters. The van der Waals surface area contributed by atoms with E-state index in [4.69, 9.17) is 4.74 Å². The SMILES string of the molecule is CCC1NC(=O)C(C[C@H](C)CCCC(=O)OC)N(C)C(=O)C(CC)N(C)C(=O)N(C)C(=O)C(CC(C)C)N(C)C(=O)[C@@H](C)NC(=O)C(C)NC(=O)C(CC(C)C)N(C)C(=O)C(C(C)C)NC(=O)[C@H](CC(C)C)N(C)C(=O)CN(C)C1=O. The third-order valence-electron chi connectivity index (χ3n) is 15.1. The zero-order chi connectivity index (χ0) is 62.7. The van der Waals surface area contributed by atoms with Gasteiger partial charge in [-0.05, 0) is 88.4 Å². The van der Waals surface area contributed by atoms with Gasteiger partial charge in [0.25, 0.3) is 5.91 Å². The van der Waals surface area contributed by atoms with Crippen LogP contribution in [0.3, 0.4) is 0 Å². The molecular formula is C57H101N11O13. The third kappa shape index (κ3) is 21.2. The van der Waals surface area contributed by atoms with Crippen molar-refractivity contribution >= 4 is 71.1 Å². The van der Waals surface area contributed by atoms with Crippen LogP contribution in [0.1, 0.15) is 148 Å². The number of imide groups is 1. The first-order valence-corrected chi connectivity index (χ1v) is 28.6. The molecule has 0 bridgehead atoms. The third-order valence-corrected chi connectivity index (χ3v) is 15.1. The average molecular weight is 1150 g/mol. The minimum atomic E-state index is -1.24. The van der Waals surface area contributed by atoms with Crippen molar-refractivity contribution in [3.8, 4) is 0 Å². The van der Waals surface area contributed by atoms with Gasteiger partial charge >= 0.3 is 12.0 Å². The van der Waals surface area contributed by atoms with Gasteiger partial charge in [0.1, 0.15) is 54.4 Å². The highest BCUT2D eigenvalue weighted by Gasteiger charge is 2.42. The van der Waals surface area contributed by atoms with Crippen molar-refractivity contribution < 1.29 is 62.3 Å². The molecule has 0 aromatic rings. The van der Waals surface area contributed by atoms with E-state index < -0.39 is 138 Å². The van der Waals surface area contributed by atoms with E-state index in [1.807, 2.05) is 48.5 Å². The van der Waals surface area contributed by atoms with E-state index >= 15 is 0 Å². The standard InChI is InChI=1S/C57H101N11O13/c1-22-39-53(76)62(14)31-45(69)63(15)41(27-32(3)4)51(74)61-47(35(9)10)56(79)65(17)42(28-33(5)6)49(72)58-37(12)48(71)59-38(13)52(75)66(18)44(29-34(7)8)55(78)68(20)57(80)67(19)40(23-2)54(77)64(16)43(50(73)60-39)30-36(11)25-24-26-46(70)81-21/h32-44,47H,22-31H2,1-21H3,(H,58,72)(H,59,71)(H,60,73)(H,61,74)/t36-,37?,38-,39?,40?,41+,42?,43?,44?,47?/m1/s1. The van der Waals surface area contributed by atoms with Crippen molar-refractivity contribution in [2.24, 2.45) is 29.6 Å². The number of hydrogen-bond donors (Lipinski definition) is 4. The Kier molecular flexibility index (Phi) is 30.1. The molecule has 1 rings (SSSR count). The van der Waals surface area contributed by atoms with Gasteiger partial charge in [0.2, 0.25) is 53.2 Å². The lowest BCUT2D eigenvalue weighted by atomic mass is 9.94. The maximum Gasteiger partial charge on any atom is 0.326 e. The lowest BCUT2D eigenvalue weighted by molar-refractivity contribution is -0.147. The van der Waals surface area contributed by atoms with Crippen molar-refractivity contribution in [3.63, 3.8) is 0 Å². The lowest BCUT2D eigenvalue weighted by Gasteiger charge is -2.38. The number of ether oxygens (including phenoxy) is 1. The van der Waals surface area contributed by atoms with Crippen LogP contribution < -0.4 is 21.3 Å². The van der Waals surface area contributed by atoms with Crippen LogP contribution in [0.4, 0.5) is 4.79 Å². The van der Waals surface area contributed by atoms with Crippen molar-refractivity contribution in [1.29, 1.82) is 0 Å². The summed E-state index contributed by atoms with van der Waals surface area (Å²) < 4.78 is 4.80. The smallest absolute Gasteiger partial charge is 0.326 e. The maximum absolute atomic E-state index is 14.7. The van der Waals surface area contributed by atoms with Crippen LogP contribution in [-0.2, 0) is 57.5 Å². The van der Waals surface area contributed by atoms with E-state index in [0.29, 0.717) is 12.8 Å². The van der Waals surface area contributed by atoms with Gasteiger partial charge in [0, 0.05) is 55.8 Å². The molecule has 24 heteroatoms. The van der Waals surface area contributed by atoms with Crippen molar-refractivity contribution in [1.82, 2.24) is 55.6 Å². The molecule has 0 radical (unpaired) electrons. The minimum absolute atomic E-state index is 0.0366. The van der Waals surface area contributed by atoms with Crippen molar-refractivity contribution in [2.45, 2.75) is 202 Å². The van der Waals surface area contributed by atoms with Crippen LogP contribution in [0.25, 0.3) is 0 Å². The van der Waals surface area contributed by atoms with E-state index in [0.717, 1.165) is 19.6 Å². The monoisotopic (exact) mass is 1150 g/mol. The van der Waals surface area contributed by atoms with Gasteiger partial charge in [-0.2, -0.15) is 0 Å². The summed E-state index contributed by atoms with van der Waals surface area (Å²) in [5.41, 5.74) is 0.